The molecule has 159 valence electrons. The van der Waals surface area contributed by atoms with Crippen molar-refractivity contribution >= 4 is 0 Å². The highest BCUT2D eigenvalue weighted by Crippen LogP contribution is 2.51. The van der Waals surface area contributed by atoms with Gasteiger partial charge in [-0.1, -0.05) is 32.4 Å². The maximum Gasteiger partial charge on any atom is 0.0106 e. The summed E-state index contributed by atoms with van der Waals surface area (Å²) < 4.78 is 0. The second-order valence-corrected chi connectivity index (χ2v) is 10.7. The average Bonchev–Trinajstić information content (AvgIpc) is 3.50. The Balaban J connectivity index is 1.23. The van der Waals surface area contributed by atoms with E-state index in [1.54, 1.807) is 5.57 Å². The quantitative estimate of drug-likeness (QED) is 0.635. The molecule has 1 radical (unpaired) electrons. The van der Waals surface area contributed by atoms with E-state index in [1.807, 2.05) is 0 Å². The van der Waals surface area contributed by atoms with Crippen molar-refractivity contribution in [3.63, 3.8) is 0 Å². The van der Waals surface area contributed by atoms with Gasteiger partial charge in [0.05, 0.1) is 0 Å². The van der Waals surface area contributed by atoms with E-state index < -0.39 is 0 Å². The summed E-state index contributed by atoms with van der Waals surface area (Å²) in [7, 11) is 0. The smallest absolute Gasteiger partial charge is 0.0106 e. The first-order valence-corrected chi connectivity index (χ1v) is 12.3. The Morgan fingerprint density at radius 1 is 1.18 bits per heavy atom. The van der Waals surface area contributed by atoms with Crippen LogP contribution in [0.15, 0.2) is 11.6 Å². The van der Waals surface area contributed by atoms with Crippen molar-refractivity contribution in [3.05, 3.63) is 18.1 Å². The molecular weight excluding hydrogens is 342 g/mol. The van der Waals surface area contributed by atoms with Crippen LogP contribution in [0.2, 0.25) is 0 Å². The molecule has 28 heavy (non-hydrogen) atoms. The summed E-state index contributed by atoms with van der Waals surface area (Å²) in [6.45, 7) is 16.3. The molecule has 2 saturated heterocycles. The highest BCUT2D eigenvalue weighted by molar-refractivity contribution is 5.41. The average molecular weight is 387 g/mol. The highest BCUT2D eigenvalue weighted by Gasteiger charge is 2.48. The molecule has 0 bridgehead atoms. The molecule has 1 atom stereocenters. The number of likely N-dealkylation sites (tertiary alicyclic amines) is 1. The lowest BCUT2D eigenvalue weighted by Crippen LogP contribution is -2.56. The molecule has 1 N–H and O–H groups in total. The van der Waals surface area contributed by atoms with Crippen molar-refractivity contribution in [3.8, 4) is 0 Å². The minimum atomic E-state index is 0.694. The van der Waals surface area contributed by atoms with Crippen LogP contribution in [-0.2, 0) is 0 Å². The molecule has 3 heteroatoms. The van der Waals surface area contributed by atoms with Gasteiger partial charge in [0.15, 0.2) is 0 Å². The fraction of sp³-hybridized carbons (Fsp3) is 0.880. The molecule has 3 fully saturated rings. The van der Waals surface area contributed by atoms with Crippen molar-refractivity contribution in [1.82, 2.24) is 15.1 Å². The molecule has 4 aliphatic rings. The lowest BCUT2D eigenvalue weighted by atomic mass is 9.59. The maximum absolute atomic E-state index is 3.51. The summed E-state index contributed by atoms with van der Waals surface area (Å²) in [5.74, 6) is 2.47. The van der Waals surface area contributed by atoms with Crippen molar-refractivity contribution in [2.45, 2.75) is 71.8 Å². The molecule has 2 aliphatic carbocycles. The molecule has 1 saturated carbocycles. The number of hydrogen-bond acceptors (Lipinski definition) is 3. The second kappa shape index (κ2) is 9.18. The van der Waals surface area contributed by atoms with Crippen LogP contribution in [0.5, 0.6) is 0 Å². The number of allylic oxidation sites excluding steroid dienone is 1. The molecule has 3 nitrogen and oxygen atoms in total. The van der Waals surface area contributed by atoms with E-state index in [2.05, 4.69) is 48.4 Å². The van der Waals surface area contributed by atoms with Crippen molar-refractivity contribution < 1.29 is 0 Å². The van der Waals surface area contributed by atoms with E-state index in [0.717, 1.165) is 23.8 Å². The fourth-order valence-corrected chi connectivity index (χ4v) is 6.20. The third-order valence-corrected chi connectivity index (χ3v) is 8.28. The van der Waals surface area contributed by atoms with Gasteiger partial charge in [-0.15, -0.1) is 0 Å². The fourth-order valence-electron chi connectivity index (χ4n) is 6.20. The van der Waals surface area contributed by atoms with Crippen LogP contribution in [0, 0.1) is 29.6 Å². The Bertz CT molecular complexity index is 518. The largest absolute Gasteiger partial charge is 0.317 e. The van der Waals surface area contributed by atoms with Crippen LogP contribution in [0.25, 0.3) is 0 Å². The zero-order valence-electron chi connectivity index (χ0n) is 18.8. The van der Waals surface area contributed by atoms with E-state index in [1.165, 1.54) is 90.8 Å². The Morgan fingerprint density at radius 2 is 1.86 bits per heavy atom. The van der Waals surface area contributed by atoms with Gasteiger partial charge in [-0.05, 0) is 101 Å². The molecule has 2 heterocycles. The van der Waals surface area contributed by atoms with Gasteiger partial charge in [-0.2, -0.15) is 0 Å². The van der Waals surface area contributed by atoms with Gasteiger partial charge in [-0.25, -0.2) is 0 Å². The Morgan fingerprint density at radius 3 is 2.43 bits per heavy atom. The Labute approximate surface area is 174 Å². The highest BCUT2D eigenvalue weighted by atomic mass is 15.2. The van der Waals surface area contributed by atoms with E-state index in [9.17, 15) is 0 Å². The first-order valence-electron chi connectivity index (χ1n) is 12.3. The lowest BCUT2D eigenvalue weighted by Gasteiger charge is -2.56. The predicted molar refractivity (Wildman–Crippen MR) is 119 cm³/mol. The molecule has 0 unspecified atom stereocenters. The summed E-state index contributed by atoms with van der Waals surface area (Å²) in [5.41, 5.74) is 2.32. The van der Waals surface area contributed by atoms with E-state index in [4.69, 9.17) is 0 Å². The topological polar surface area (TPSA) is 18.5 Å². The number of nitrogens with one attached hydrogen (secondary N) is 1. The third-order valence-electron chi connectivity index (χ3n) is 8.28. The zero-order chi connectivity index (χ0) is 19.6. The predicted octanol–water partition coefficient (Wildman–Crippen LogP) is 4.36. The lowest BCUT2D eigenvalue weighted by molar-refractivity contribution is -0.0493. The standard InChI is InChI=1S/C25H44N3/c1-4-13-28(19-24(20(2)3)22-5-6-22)23-16-25(17-23)9-14-27(15-10-25)18-21-7-11-26-12-8-21/h5-6,20-21,23-24,26H,4,7-19H2,1-3H3/t24-/m1/s1. The van der Waals surface area contributed by atoms with Gasteiger partial charge < -0.3 is 10.2 Å². The summed E-state index contributed by atoms with van der Waals surface area (Å²) in [6.07, 6.45) is 14.6. The molecular formula is C25H44N3. The van der Waals surface area contributed by atoms with Crippen molar-refractivity contribution in [2.24, 2.45) is 23.2 Å². The summed E-state index contributed by atoms with van der Waals surface area (Å²) in [4.78, 5) is 5.66. The summed E-state index contributed by atoms with van der Waals surface area (Å²) >= 11 is 0. The molecule has 2 aliphatic heterocycles. The monoisotopic (exact) mass is 386 g/mol. The molecule has 0 amide bonds. The first-order chi connectivity index (χ1) is 13.6. The van der Waals surface area contributed by atoms with Crippen LogP contribution in [-0.4, -0.2) is 61.7 Å². The van der Waals surface area contributed by atoms with E-state index in [-0.39, 0.29) is 0 Å². The first kappa shape index (κ1) is 20.9. The summed E-state index contributed by atoms with van der Waals surface area (Å²) in [6, 6.07) is 0.858. The van der Waals surface area contributed by atoms with Crippen molar-refractivity contribution in [1.29, 1.82) is 0 Å². The van der Waals surface area contributed by atoms with Crippen LogP contribution >= 0.6 is 0 Å². The molecule has 0 aromatic carbocycles. The van der Waals surface area contributed by atoms with Gasteiger partial charge in [0.25, 0.3) is 0 Å². The van der Waals surface area contributed by atoms with Gasteiger partial charge in [0, 0.05) is 25.6 Å². The zero-order valence-corrected chi connectivity index (χ0v) is 18.8. The van der Waals surface area contributed by atoms with E-state index >= 15 is 0 Å². The molecule has 4 rings (SSSR count). The minimum Gasteiger partial charge on any atom is -0.317 e. The normalized spacial score (nSPS) is 27.2. The number of nitrogens with zero attached hydrogens (tertiary/aromatic N) is 2. The number of hydrogen-bond donors (Lipinski definition) is 1. The third kappa shape index (κ3) is 5.02. The maximum atomic E-state index is 3.51. The molecule has 0 aromatic rings. The van der Waals surface area contributed by atoms with Crippen LogP contribution in [0.3, 0.4) is 0 Å². The van der Waals surface area contributed by atoms with Gasteiger partial charge in [0.2, 0.25) is 0 Å². The number of piperidine rings is 2. The number of rotatable bonds is 9. The molecule has 0 aromatic heterocycles. The summed E-state index contributed by atoms with van der Waals surface area (Å²) in [5, 5.41) is 3.51. The van der Waals surface area contributed by atoms with Crippen molar-refractivity contribution in [2.75, 3.05) is 45.8 Å². The van der Waals surface area contributed by atoms with Gasteiger partial charge in [-0.3, -0.25) is 4.90 Å². The van der Waals surface area contributed by atoms with Crippen LogP contribution in [0.1, 0.15) is 65.7 Å². The Hall–Kier alpha value is -0.380. The minimum absolute atomic E-state index is 0.694. The van der Waals surface area contributed by atoms with Crippen LogP contribution < -0.4 is 5.32 Å². The van der Waals surface area contributed by atoms with E-state index in [0.29, 0.717) is 5.41 Å². The Kier molecular flexibility index (Phi) is 6.85. The second-order valence-electron chi connectivity index (χ2n) is 10.7. The van der Waals surface area contributed by atoms with Crippen LogP contribution in [0.4, 0.5) is 0 Å². The van der Waals surface area contributed by atoms with Gasteiger partial charge >= 0.3 is 0 Å². The SMILES string of the molecule is CCCN(C[C@@H](C1=C[CH]1)C(C)C)C1CC2(CCN(CC3CCNCC3)CC2)C1. The molecule has 1 spiro atoms. The van der Waals surface area contributed by atoms with Gasteiger partial charge in [0.1, 0.15) is 0 Å².